The molecule has 0 aromatic heterocycles. The highest BCUT2D eigenvalue weighted by molar-refractivity contribution is 5.70. The zero-order valence-corrected chi connectivity index (χ0v) is 5.49. The summed E-state index contributed by atoms with van der Waals surface area (Å²) in [6.07, 6.45) is -0.742. The van der Waals surface area contributed by atoms with Crippen LogP contribution in [0.5, 0.6) is 0 Å². The second-order valence-electron chi connectivity index (χ2n) is 2.39. The lowest BCUT2D eigenvalue weighted by atomic mass is 10.1. The molecule has 2 atom stereocenters. The van der Waals surface area contributed by atoms with Gasteiger partial charge in [0, 0.05) is 6.42 Å². The van der Waals surface area contributed by atoms with Crippen LogP contribution >= 0.6 is 0 Å². The Bertz CT molecular complexity index is 134. The molecule has 0 aromatic carbocycles. The summed E-state index contributed by atoms with van der Waals surface area (Å²) in [5.41, 5.74) is 0. The van der Waals surface area contributed by atoms with Crippen molar-refractivity contribution >= 4 is 5.97 Å². The number of esters is 1. The van der Waals surface area contributed by atoms with Gasteiger partial charge in [0.15, 0.2) is 0 Å². The first-order valence-electron chi connectivity index (χ1n) is 3.20. The van der Waals surface area contributed by atoms with Crippen molar-refractivity contribution in [1.29, 1.82) is 0 Å². The Kier molecular flexibility index (Phi) is 2.24. The van der Waals surface area contributed by atoms with Crippen molar-refractivity contribution in [3.05, 3.63) is 0 Å². The first-order chi connectivity index (χ1) is 4.72. The Morgan fingerprint density at radius 3 is 2.90 bits per heavy atom. The van der Waals surface area contributed by atoms with Gasteiger partial charge in [-0.3, -0.25) is 4.79 Å². The molecular weight excluding hydrogens is 136 g/mol. The predicted octanol–water partition coefficient (Wildman–Crippen LogP) is -0.955. The van der Waals surface area contributed by atoms with E-state index in [1.807, 2.05) is 0 Å². The molecule has 0 aliphatic carbocycles. The molecule has 1 rings (SSSR count). The average molecular weight is 146 g/mol. The zero-order chi connectivity index (χ0) is 7.56. The summed E-state index contributed by atoms with van der Waals surface area (Å²) >= 11 is 0. The molecule has 10 heavy (non-hydrogen) atoms. The normalized spacial score (nSPS) is 33.6. The number of ether oxygens (including phenoxy) is 1. The van der Waals surface area contributed by atoms with E-state index in [0.717, 1.165) is 0 Å². The van der Waals surface area contributed by atoms with Gasteiger partial charge in [0.1, 0.15) is 6.10 Å². The summed E-state index contributed by atoms with van der Waals surface area (Å²) in [6.45, 7) is -0.206. The molecule has 0 radical (unpaired) electrons. The number of rotatable bonds is 1. The smallest absolute Gasteiger partial charge is 0.308 e. The van der Waals surface area contributed by atoms with Crippen molar-refractivity contribution in [2.24, 2.45) is 0 Å². The molecule has 0 saturated carbocycles. The number of carbonyl (C=O) groups excluding carboxylic acids is 1. The SMILES string of the molecule is O=C1C[C@@H](O)C[C@@H](CO)O1. The van der Waals surface area contributed by atoms with Crippen LogP contribution in [0.15, 0.2) is 0 Å². The van der Waals surface area contributed by atoms with E-state index in [1.165, 1.54) is 0 Å². The van der Waals surface area contributed by atoms with Crippen LogP contribution in [-0.2, 0) is 9.53 Å². The topological polar surface area (TPSA) is 66.8 Å². The van der Waals surface area contributed by atoms with Crippen molar-refractivity contribution < 1.29 is 19.7 Å². The molecule has 0 aromatic rings. The van der Waals surface area contributed by atoms with Crippen LogP contribution < -0.4 is 0 Å². The van der Waals surface area contributed by atoms with Gasteiger partial charge in [0.05, 0.1) is 19.1 Å². The van der Waals surface area contributed by atoms with Gasteiger partial charge in [-0.25, -0.2) is 0 Å². The lowest BCUT2D eigenvalue weighted by Crippen LogP contribution is -2.34. The van der Waals surface area contributed by atoms with E-state index in [1.54, 1.807) is 0 Å². The van der Waals surface area contributed by atoms with Crippen LogP contribution in [0.25, 0.3) is 0 Å². The summed E-state index contributed by atoms with van der Waals surface area (Å²) in [5.74, 6) is -0.433. The molecule has 1 heterocycles. The third-order valence-electron chi connectivity index (χ3n) is 1.44. The van der Waals surface area contributed by atoms with Crippen molar-refractivity contribution in [3.63, 3.8) is 0 Å². The van der Waals surface area contributed by atoms with Gasteiger partial charge >= 0.3 is 5.97 Å². The minimum Gasteiger partial charge on any atom is -0.460 e. The predicted molar refractivity (Wildman–Crippen MR) is 32.2 cm³/mol. The Hall–Kier alpha value is -0.610. The van der Waals surface area contributed by atoms with Gasteiger partial charge in [-0.05, 0) is 0 Å². The molecule has 0 amide bonds. The Labute approximate surface area is 58.4 Å². The molecule has 0 bridgehead atoms. The van der Waals surface area contributed by atoms with Gasteiger partial charge in [-0.15, -0.1) is 0 Å². The first-order valence-corrected chi connectivity index (χ1v) is 3.20. The third-order valence-corrected chi connectivity index (χ3v) is 1.44. The fourth-order valence-electron chi connectivity index (χ4n) is 0.973. The molecule has 1 aliphatic rings. The van der Waals surface area contributed by atoms with Crippen LogP contribution in [0.4, 0.5) is 0 Å². The Balaban J connectivity index is 2.42. The molecule has 1 saturated heterocycles. The van der Waals surface area contributed by atoms with Crippen LogP contribution in [0.1, 0.15) is 12.8 Å². The van der Waals surface area contributed by atoms with E-state index in [9.17, 15) is 4.79 Å². The van der Waals surface area contributed by atoms with Crippen LogP contribution in [0.2, 0.25) is 0 Å². The lowest BCUT2D eigenvalue weighted by Gasteiger charge is -2.23. The molecule has 2 N–H and O–H groups in total. The first kappa shape index (κ1) is 7.50. The molecule has 4 heteroatoms. The molecule has 4 nitrogen and oxygen atoms in total. The largest absolute Gasteiger partial charge is 0.460 e. The fourth-order valence-corrected chi connectivity index (χ4v) is 0.973. The molecular formula is C6H10O4. The van der Waals surface area contributed by atoms with Crippen molar-refractivity contribution in [1.82, 2.24) is 0 Å². The lowest BCUT2D eigenvalue weighted by molar-refractivity contribution is -0.162. The number of hydrogen-bond acceptors (Lipinski definition) is 4. The standard InChI is InChI=1S/C6H10O4/c7-3-5-1-4(8)2-6(9)10-5/h4-5,7-8H,1-3H2/t4-,5-/m0/s1. The third kappa shape index (κ3) is 1.68. The molecule has 0 spiro atoms. The number of hydrogen-bond donors (Lipinski definition) is 2. The van der Waals surface area contributed by atoms with Crippen molar-refractivity contribution in [2.75, 3.05) is 6.61 Å². The summed E-state index contributed by atoms with van der Waals surface area (Å²) in [5, 5.41) is 17.5. The fraction of sp³-hybridized carbons (Fsp3) is 0.833. The second-order valence-corrected chi connectivity index (χ2v) is 2.39. The van der Waals surface area contributed by atoms with Gasteiger partial charge in [-0.2, -0.15) is 0 Å². The van der Waals surface area contributed by atoms with Gasteiger partial charge < -0.3 is 14.9 Å². The summed E-state index contributed by atoms with van der Waals surface area (Å²) < 4.78 is 4.66. The Morgan fingerprint density at radius 1 is 1.70 bits per heavy atom. The number of aliphatic hydroxyl groups excluding tert-OH is 2. The molecule has 0 unspecified atom stereocenters. The maximum Gasteiger partial charge on any atom is 0.308 e. The van der Waals surface area contributed by atoms with Gasteiger partial charge in [-0.1, -0.05) is 0 Å². The summed E-state index contributed by atoms with van der Waals surface area (Å²) in [7, 11) is 0. The van der Waals surface area contributed by atoms with E-state index in [4.69, 9.17) is 10.2 Å². The zero-order valence-electron chi connectivity index (χ0n) is 5.49. The van der Waals surface area contributed by atoms with E-state index in [0.29, 0.717) is 6.42 Å². The molecule has 1 fully saturated rings. The minimum absolute atomic E-state index is 0.0521. The number of cyclic esters (lactones) is 1. The highest BCUT2D eigenvalue weighted by Gasteiger charge is 2.26. The Morgan fingerprint density at radius 2 is 2.40 bits per heavy atom. The van der Waals surface area contributed by atoms with Crippen LogP contribution in [0, 0.1) is 0 Å². The molecule has 1 aliphatic heterocycles. The van der Waals surface area contributed by atoms with E-state index in [-0.39, 0.29) is 13.0 Å². The maximum absolute atomic E-state index is 10.5. The van der Waals surface area contributed by atoms with Crippen LogP contribution in [0.3, 0.4) is 0 Å². The highest BCUT2D eigenvalue weighted by atomic mass is 16.6. The van der Waals surface area contributed by atoms with E-state index >= 15 is 0 Å². The van der Waals surface area contributed by atoms with Crippen LogP contribution in [-0.4, -0.2) is 35.0 Å². The van der Waals surface area contributed by atoms with Gasteiger partial charge in [0.25, 0.3) is 0 Å². The highest BCUT2D eigenvalue weighted by Crippen LogP contribution is 2.13. The van der Waals surface area contributed by atoms with Crippen molar-refractivity contribution in [2.45, 2.75) is 25.0 Å². The summed E-state index contributed by atoms with van der Waals surface area (Å²) in [4.78, 5) is 10.5. The van der Waals surface area contributed by atoms with E-state index in [2.05, 4.69) is 4.74 Å². The monoisotopic (exact) mass is 146 g/mol. The molecule has 58 valence electrons. The van der Waals surface area contributed by atoms with E-state index < -0.39 is 18.2 Å². The van der Waals surface area contributed by atoms with Crippen molar-refractivity contribution in [3.8, 4) is 0 Å². The summed E-state index contributed by atoms with van der Waals surface area (Å²) in [6, 6.07) is 0. The average Bonchev–Trinajstić information content (AvgIpc) is 1.85. The minimum atomic E-state index is -0.640. The number of carbonyl (C=O) groups is 1. The maximum atomic E-state index is 10.5. The second kappa shape index (κ2) is 2.98. The quantitative estimate of drug-likeness (QED) is 0.468. The van der Waals surface area contributed by atoms with Gasteiger partial charge in [0.2, 0.25) is 0 Å². The number of aliphatic hydroxyl groups is 2.